The first-order chi connectivity index (χ1) is 12.0. The maximum Gasteiger partial charge on any atom is 0.409 e. The zero-order chi connectivity index (χ0) is 18.4. The minimum absolute atomic E-state index is 0.0957. The second kappa shape index (κ2) is 8.74. The molecule has 0 N–H and O–H groups in total. The summed E-state index contributed by atoms with van der Waals surface area (Å²) < 4.78 is 10.4. The summed E-state index contributed by atoms with van der Waals surface area (Å²) in [5.74, 6) is 0.937. The summed E-state index contributed by atoms with van der Waals surface area (Å²) in [6.07, 6.45) is 0.847. The fourth-order valence-electron chi connectivity index (χ4n) is 3.10. The van der Waals surface area contributed by atoms with Crippen molar-refractivity contribution in [2.75, 3.05) is 39.9 Å². The molecule has 2 rings (SSSR count). The predicted octanol–water partition coefficient (Wildman–Crippen LogP) is 2.55. The molecule has 1 saturated heterocycles. The number of hydrogen-bond acceptors (Lipinski definition) is 4. The molecule has 138 valence electrons. The summed E-state index contributed by atoms with van der Waals surface area (Å²) in [4.78, 5) is 28.1. The van der Waals surface area contributed by atoms with Gasteiger partial charge in [0.2, 0.25) is 5.91 Å². The van der Waals surface area contributed by atoms with E-state index >= 15 is 0 Å². The van der Waals surface area contributed by atoms with Gasteiger partial charge in [0.15, 0.2) is 0 Å². The van der Waals surface area contributed by atoms with Crippen molar-refractivity contribution in [2.24, 2.45) is 0 Å². The smallest absolute Gasteiger partial charge is 0.409 e. The number of carbonyl (C=O) groups excluding carboxylic acids is 2. The van der Waals surface area contributed by atoms with Gasteiger partial charge in [-0.2, -0.15) is 0 Å². The van der Waals surface area contributed by atoms with Crippen molar-refractivity contribution in [1.82, 2.24) is 9.80 Å². The van der Waals surface area contributed by atoms with E-state index in [1.54, 1.807) is 18.9 Å². The maximum atomic E-state index is 12.7. The minimum Gasteiger partial charge on any atom is -0.496 e. The van der Waals surface area contributed by atoms with Gasteiger partial charge in [-0.05, 0) is 49.9 Å². The van der Waals surface area contributed by atoms with Crippen molar-refractivity contribution in [3.63, 3.8) is 0 Å². The molecule has 0 saturated carbocycles. The fraction of sp³-hybridized carbons (Fsp3) is 0.579. The Labute approximate surface area is 149 Å². The number of carbonyl (C=O) groups is 2. The lowest BCUT2D eigenvalue weighted by molar-refractivity contribution is -0.130. The normalized spacial score (nSPS) is 14.9. The van der Waals surface area contributed by atoms with Gasteiger partial charge in [-0.15, -0.1) is 0 Å². The topological polar surface area (TPSA) is 59.1 Å². The summed E-state index contributed by atoms with van der Waals surface area (Å²) in [7, 11) is 1.65. The van der Waals surface area contributed by atoms with Gasteiger partial charge in [-0.3, -0.25) is 4.79 Å². The first kappa shape index (κ1) is 19.1. The van der Waals surface area contributed by atoms with Gasteiger partial charge < -0.3 is 19.3 Å². The molecule has 1 heterocycles. The molecule has 0 aliphatic carbocycles. The molecular formula is C19H28N2O4. The molecule has 2 amide bonds. The number of amides is 2. The summed E-state index contributed by atoms with van der Waals surface area (Å²) >= 11 is 0. The highest BCUT2D eigenvalue weighted by Crippen LogP contribution is 2.23. The highest BCUT2D eigenvalue weighted by atomic mass is 16.6. The number of nitrogens with zero attached hydrogens (tertiary/aromatic N) is 2. The lowest BCUT2D eigenvalue weighted by Crippen LogP contribution is -2.38. The summed E-state index contributed by atoms with van der Waals surface area (Å²) in [6, 6.07) is 4.00. The quantitative estimate of drug-likeness (QED) is 0.839. The van der Waals surface area contributed by atoms with Gasteiger partial charge in [0.1, 0.15) is 5.75 Å². The molecule has 1 aliphatic rings. The molecule has 0 spiro atoms. The number of methoxy groups -OCH3 is 1. The van der Waals surface area contributed by atoms with E-state index in [2.05, 4.69) is 0 Å². The van der Waals surface area contributed by atoms with Crippen molar-refractivity contribution in [3.8, 4) is 5.75 Å². The number of hydrogen-bond donors (Lipinski definition) is 0. The van der Waals surface area contributed by atoms with Gasteiger partial charge >= 0.3 is 6.09 Å². The first-order valence-corrected chi connectivity index (χ1v) is 8.79. The molecule has 1 aliphatic heterocycles. The number of rotatable bonds is 4. The standard InChI is InChI=1S/C19H28N2O4/c1-5-25-19(23)21-8-6-7-20(9-10-21)18(22)13-16-11-15(3)17(24-4)12-14(16)2/h11-12H,5-10,13H2,1-4H3. The van der Waals surface area contributed by atoms with Crippen LogP contribution in [0.1, 0.15) is 30.0 Å². The number of aryl methyl sites for hydroxylation is 2. The van der Waals surface area contributed by atoms with Crippen LogP contribution in [-0.2, 0) is 16.0 Å². The van der Waals surface area contributed by atoms with E-state index < -0.39 is 0 Å². The third-order valence-electron chi connectivity index (χ3n) is 4.57. The molecule has 25 heavy (non-hydrogen) atoms. The molecular weight excluding hydrogens is 320 g/mol. The monoisotopic (exact) mass is 348 g/mol. The molecule has 1 aromatic rings. The van der Waals surface area contributed by atoms with Crippen molar-refractivity contribution in [3.05, 3.63) is 28.8 Å². The molecule has 0 radical (unpaired) electrons. The molecule has 6 nitrogen and oxygen atoms in total. The molecule has 0 aromatic heterocycles. The van der Waals surface area contributed by atoms with Crippen LogP contribution in [0.5, 0.6) is 5.75 Å². The van der Waals surface area contributed by atoms with Crippen molar-refractivity contribution >= 4 is 12.0 Å². The van der Waals surface area contributed by atoms with Crippen LogP contribution in [0.15, 0.2) is 12.1 Å². The lowest BCUT2D eigenvalue weighted by Gasteiger charge is -2.22. The van der Waals surface area contributed by atoms with E-state index in [-0.39, 0.29) is 12.0 Å². The van der Waals surface area contributed by atoms with Crippen LogP contribution in [0.3, 0.4) is 0 Å². The van der Waals surface area contributed by atoms with Crippen LogP contribution in [0.2, 0.25) is 0 Å². The van der Waals surface area contributed by atoms with Gasteiger partial charge in [0.25, 0.3) is 0 Å². The predicted molar refractivity (Wildman–Crippen MR) is 96.0 cm³/mol. The van der Waals surface area contributed by atoms with Crippen LogP contribution >= 0.6 is 0 Å². The molecule has 0 unspecified atom stereocenters. The van der Waals surface area contributed by atoms with Gasteiger partial charge in [0.05, 0.1) is 20.1 Å². The minimum atomic E-state index is -0.293. The Morgan fingerprint density at radius 3 is 2.40 bits per heavy atom. The second-order valence-electron chi connectivity index (χ2n) is 6.35. The molecule has 1 fully saturated rings. The Hall–Kier alpha value is -2.24. The summed E-state index contributed by atoms with van der Waals surface area (Å²) in [5.41, 5.74) is 3.11. The average Bonchev–Trinajstić information content (AvgIpc) is 2.84. The summed E-state index contributed by atoms with van der Waals surface area (Å²) in [5, 5.41) is 0. The average molecular weight is 348 g/mol. The van der Waals surface area contributed by atoms with Gasteiger partial charge in [-0.1, -0.05) is 6.07 Å². The fourth-order valence-corrected chi connectivity index (χ4v) is 3.10. The Morgan fingerprint density at radius 2 is 1.72 bits per heavy atom. The third kappa shape index (κ3) is 4.87. The van der Waals surface area contributed by atoms with Crippen LogP contribution in [0.25, 0.3) is 0 Å². The van der Waals surface area contributed by atoms with Crippen LogP contribution in [-0.4, -0.2) is 61.7 Å². The van der Waals surface area contributed by atoms with Gasteiger partial charge in [-0.25, -0.2) is 4.79 Å². The van der Waals surface area contributed by atoms with Crippen molar-refractivity contribution < 1.29 is 19.1 Å². The Balaban J connectivity index is 1.99. The van der Waals surface area contributed by atoms with Crippen molar-refractivity contribution in [1.29, 1.82) is 0 Å². The zero-order valence-corrected chi connectivity index (χ0v) is 15.6. The maximum absolute atomic E-state index is 12.7. The zero-order valence-electron chi connectivity index (χ0n) is 15.6. The lowest BCUT2D eigenvalue weighted by atomic mass is 10.0. The van der Waals surface area contributed by atoms with Crippen molar-refractivity contribution in [2.45, 2.75) is 33.6 Å². The van der Waals surface area contributed by atoms with E-state index in [1.807, 2.05) is 30.9 Å². The molecule has 1 aromatic carbocycles. The first-order valence-electron chi connectivity index (χ1n) is 8.79. The Bertz CT molecular complexity index is 630. The summed E-state index contributed by atoms with van der Waals surface area (Å²) in [6.45, 7) is 8.51. The van der Waals surface area contributed by atoms with E-state index in [0.29, 0.717) is 39.2 Å². The highest BCUT2D eigenvalue weighted by Gasteiger charge is 2.23. The third-order valence-corrected chi connectivity index (χ3v) is 4.57. The second-order valence-corrected chi connectivity index (χ2v) is 6.35. The van der Waals surface area contributed by atoms with E-state index in [4.69, 9.17) is 9.47 Å². The van der Waals surface area contributed by atoms with Gasteiger partial charge in [0, 0.05) is 26.2 Å². The molecule has 6 heteroatoms. The van der Waals surface area contributed by atoms with E-state index in [9.17, 15) is 9.59 Å². The molecule has 0 atom stereocenters. The van der Waals surface area contributed by atoms with Crippen LogP contribution < -0.4 is 4.74 Å². The number of ether oxygens (including phenoxy) is 2. The SMILES string of the molecule is CCOC(=O)N1CCCN(C(=O)Cc2cc(C)c(OC)cc2C)CC1. The van der Waals surface area contributed by atoms with E-state index in [1.165, 1.54) is 0 Å². The van der Waals surface area contributed by atoms with Crippen LogP contribution in [0, 0.1) is 13.8 Å². The van der Waals surface area contributed by atoms with E-state index in [0.717, 1.165) is 28.9 Å². The molecule has 0 bridgehead atoms. The van der Waals surface area contributed by atoms with Crippen LogP contribution in [0.4, 0.5) is 4.79 Å². The highest BCUT2D eigenvalue weighted by molar-refractivity contribution is 5.79. The largest absolute Gasteiger partial charge is 0.496 e. The Morgan fingerprint density at radius 1 is 1.04 bits per heavy atom. The Kier molecular flexibility index (Phi) is 6.67. The number of benzene rings is 1.